The Kier molecular flexibility index (Phi) is 10.8. The summed E-state index contributed by atoms with van der Waals surface area (Å²) in [6.45, 7) is 2.27. The number of benzene rings is 1. The molecule has 1 saturated heterocycles. The lowest BCUT2D eigenvalue weighted by Crippen LogP contribution is -2.43. The maximum atomic E-state index is 12.3. The van der Waals surface area contributed by atoms with Crippen molar-refractivity contribution < 1.29 is 53.9 Å². The fourth-order valence-electron chi connectivity index (χ4n) is 4.79. The zero-order valence-electron chi connectivity index (χ0n) is 23.6. The molecule has 0 bridgehead atoms. The maximum Gasteiger partial charge on any atom is 0.280 e. The lowest BCUT2D eigenvalue weighted by atomic mass is 10.00. The molecule has 0 saturated carbocycles. The van der Waals surface area contributed by atoms with Gasteiger partial charge in [0.05, 0.1) is 44.9 Å². The number of hydrogen-bond donors (Lipinski definition) is 9. The summed E-state index contributed by atoms with van der Waals surface area (Å²) in [7, 11) is -5.34. The highest BCUT2D eigenvalue weighted by molar-refractivity contribution is 7.43. The van der Waals surface area contributed by atoms with Crippen LogP contribution in [0.5, 0.6) is 0 Å². The van der Waals surface area contributed by atoms with E-state index in [1.54, 1.807) is 24.3 Å². The highest BCUT2D eigenvalue weighted by atomic mass is 31.2. The van der Waals surface area contributed by atoms with Crippen molar-refractivity contribution >= 4 is 36.7 Å². The van der Waals surface area contributed by atoms with Gasteiger partial charge in [-0.25, -0.2) is 4.99 Å². The quantitative estimate of drug-likeness (QED) is 0.0965. The first-order valence-corrected chi connectivity index (χ1v) is 15.0. The topological polar surface area (TPSA) is 300 Å². The number of rotatable bonds is 13. The largest absolute Gasteiger partial charge is 0.790 e. The molecule has 18 nitrogen and oxygen atoms in total. The van der Waals surface area contributed by atoms with Crippen molar-refractivity contribution in [3.63, 3.8) is 0 Å². The number of aliphatic hydroxyl groups excluding tert-OH is 5. The maximum absolute atomic E-state index is 12.3. The Bertz CT molecular complexity index is 1420. The fraction of sp³-hybridized carbons (Fsp3) is 0.560. The molecule has 1 aromatic heterocycles. The molecule has 19 heteroatoms. The number of aliphatic hydroxyl groups is 5. The van der Waals surface area contributed by atoms with E-state index in [0.717, 1.165) is 0 Å². The molecule has 10 N–H and O–H groups in total. The van der Waals surface area contributed by atoms with Gasteiger partial charge in [0.25, 0.3) is 5.56 Å². The molecule has 2 aliphatic rings. The van der Waals surface area contributed by atoms with Crippen molar-refractivity contribution in [2.45, 2.75) is 75.3 Å². The molecule has 1 aromatic carbocycles. The highest BCUT2D eigenvalue weighted by Gasteiger charge is 2.44. The minimum atomic E-state index is -5.34. The van der Waals surface area contributed by atoms with Crippen LogP contribution < -0.4 is 31.7 Å². The number of H-pyrrole nitrogens is 1. The second-order valence-corrected chi connectivity index (χ2v) is 11.7. The zero-order chi connectivity index (χ0) is 32.3. The van der Waals surface area contributed by atoms with Crippen molar-refractivity contribution in [2.24, 2.45) is 4.99 Å². The van der Waals surface area contributed by atoms with E-state index in [1.165, 1.54) is 0 Å². The van der Waals surface area contributed by atoms with Gasteiger partial charge in [0.15, 0.2) is 17.8 Å². The predicted molar refractivity (Wildman–Crippen MR) is 151 cm³/mol. The van der Waals surface area contributed by atoms with Gasteiger partial charge in [0.2, 0.25) is 5.95 Å². The van der Waals surface area contributed by atoms with Crippen LogP contribution in [0.25, 0.3) is 0 Å². The van der Waals surface area contributed by atoms with Crippen molar-refractivity contribution in [3.8, 4) is 0 Å². The van der Waals surface area contributed by atoms with Crippen LogP contribution in [0.3, 0.4) is 0 Å². The third kappa shape index (κ3) is 8.38. The number of phosphoric ester groups is 1. The molecule has 4 rings (SSSR count). The number of anilines is 3. The van der Waals surface area contributed by atoms with Crippen molar-refractivity contribution in [1.29, 1.82) is 0 Å². The summed E-state index contributed by atoms with van der Waals surface area (Å²) in [4.78, 5) is 44.5. The number of phosphoric acid groups is 1. The Morgan fingerprint density at radius 3 is 2.50 bits per heavy atom. The van der Waals surface area contributed by atoms with Crippen molar-refractivity contribution in [3.05, 3.63) is 40.2 Å². The van der Waals surface area contributed by atoms with Crippen LogP contribution >= 0.6 is 7.82 Å². The molecule has 3 heterocycles. The molecule has 244 valence electrons. The zero-order valence-corrected chi connectivity index (χ0v) is 24.5. The molecule has 0 aliphatic carbocycles. The number of nitrogens with one attached hydrogen (secondary N) is 3. The third-order valence-electron chi connectivity index (χ3n) is 7.11. The van der Waals surface area contributed by atoms with E-state index in [9.17, 15) is 44.7 Å². The predicted octanol–water partition coefficient (Wildman–Crippen LogP) is -3.33. The number of nitrogens with zero attached hydrogens (tertiary/aromatic N) is 2. The van der Waals surface area contributed by atoms with E-state index < -0.39 is 69.5 Å². The molecular weight excluding hydrogens is 607 g/mol. The number of aliphatic imine (C=N–C) groups is 1. The van der Waals surface area contributed by atoms with Gasteiger partial charge in [-0.1, -0.05) is 12.1 Å². The van der Waals surface area contributed by atoms with E-state index in [-0.39, 0.29) is 30.1 Å². The number of aromatic amines is 1. The van der Waals surface area contributed by atoms with Gasteiger partial charge in [-0.3, -0.25) is 9.78 Å². The van der Waals surface area contributed by atoms with Crippen LogP contribution in [-0.2, 0) is 25.0 Å². The van der Waals surface area contributed by atoms with Crippen LogP contribution in [0.4, 0.5) is 23.1 Å². The molecule has 0 unspecified atom stereocenters. The molecule has 0 radical (unpaired) electrons. The van der Waals surface area contributed by atoms with Gasteiger partial charge in [0, 0.05) is 12.1 Å². The van der Waals surface area contributed by atoms with Crippen molar-refractivity contribution in [1.82, 2.24) is 9.97 Å². The summed E-state index contributed by atoms with van der Waals surface area (Å²) in [5, 5.41) is 57.6. The normalized spacial score (nSPS) is 26.2. The van der Waals surface area contributed by atoms with E-state index >= 15 is 0 Å². The smallest absolute Gasteiger partial charge is 0.280 e. The number of aromatic nitrogens is 2. The first kappa shape index (κ1) is 33.9. The Labute approximate surface area is 250 Å². The van der Waals surface area contributed by atoms with Gasteiger partial charge < -0.3 is 70.2 Å². The minimum absolute atomic E-state index is 0.0147. The number of hydrogen-bond acceptors (Lipinski definition) is 17. The van der Waals surface area contributed by atoms with Crippen LogP contribution in [0, 0.1) is 0 Å². The summed E-state index contributed by atoms with van der Waals surface area (Å²) < 4.78 is 25.0. The van der Waals surface area contributed by atoms with E-state index in [4.69, 9.17) is 15.2 Å². The molecule has 1 fully saturated rings. The number of ether oxygens (including phenoxy) is 2. The van der Waals surface area contributed by atoms with E-state index in [0.29, 0.717) is 22.8 Å². The second kappa shape index (κ2) is 14.0. The van der Waals surface area contributed by atoms with Crippen LogP contribution in [-0.4, -0.2) is 109 Å². The molecular formula is C25H35N6O12P-2. The standard InChI is InChI=1S/C25H37N6O12P/c1-10(17-11(2)28-22-18(29-17)23(37)31-25(26)30-22)27-13-5-3-12(4-6-13)7-14(32)19(34)15(33)8-41-24-21(36)20(35)16(43-24)9-42-44(38,39)40/h3-6,10-11,14-16,19-21,24,27,32-36H,7-9H2,1-2H3,(H2,38,39,40)(H4,26,28,30,31,37)/p-2/t10-,11+,14+,15-,16-,19+,20-,21-,24+/m1/s1. The molecule has 2 aromatic rings. The molecule has 0 amide bonds. The lowest BCUT2D eigenvalue weighted by Gasteiger charge is -2.30. The molecule has 0 spiro atoms. The SMILES string of the molecule is C[C@@H]1Nc2nc(N)[nH]c(=O)c2N=C1[C@@H](C)Nc1ccc(C[C@H](O)[C@H](O)[C@H](O)CO[C@H]2O[C@H](COP(=O)([O-])[O-])[C@@H](O)[C@H]2O)cc1. The van der Waals surface area contributed by atoms with Crippen LogP contribution in [0.2, 0.25) is 0 Å². The van der Waals surface area contributed by atoms with Gasteiger partial charge in [-0.2, -0.15) is 4.98 Å². The first-order valence-electron chi connectivity index (χ1n) is 13.6. The Morgan fingerprint density at radius 1 is 1.16 bits per heavy atom. The van der Waals surface area contributed by atoms with E-state index in [2.05, 4.69) is 30.1 Å². The average Bonchev–Trinajstić information content (AvgIpc) is 3.22. The van der Waals surface area contributed by atoms with Gasteiger partial charge in [-0.05, 0) is 31.5 Å². The number of nitrogen functional groups attached to an aromatic ring is 1. The summed E-state index contributed by atoms with van der Waals surface area (Å²) in [5.74, 6) is 0.287. The van der Waals surface area contributed by atoms with E-state index in [1.807, 2.05) is 13.8 Å². The number of nitrogens with two attached hydrogens (primary N) is 1. The lowest BCUT2D eigenvalue weighted by molar-refractivity contribution is -0.343. The monoisotopic (exact) mass is 642 g/mol. The van der Waals surface area contributed by atoms with Crippen molar-refractivity contribution in [2.75, 3.05) is 29.6 Å². The Morgan fingerprint density at radius 2 is 1.84 bits per heavy atom. The number of fused-ring (bicyclic) bond motifs is 1. The first-order chi connectivity index (χ1) is 20.6. The molecule has 2 aliphatic heterocycles. The fourth-order valence-corrected chi connectivity index (χ4v) is 5.12. The second-order valence-electron chi connectivity index (χ2n) is 10.5. The average molecular weight is 643 g/mol. The van der Waals surface area contributed by atoms with Gasteiger partial charge >= 0.3 is 0 Å². The third-order valence-corrected chi connectivity index (χ3v) is 7.58. The minimum Gasteiger partial charge on any atom is -0.790 e. The Hall–Kier alpha value is -3.00. The molecule has 9 atom stereocenters. The van der Waals surface area contributed by atoms with Crippen LogP contribution in [0.1, 0.15) is 19.4 Å². The van der Waals surface area contributed by atoms with Gasteiger partial charge in [-0.15, -0.1) is 0 Å². The van der Waals surface area contributed by atoms with Crippen LogP contribution in [0.15, 0.2) is 34.1 Å². The van der Waals surface area contributed by atoms with Gasteiger partial charge in [0.1, 0.15) is 30.5 Å². The summed E-state index contributed by atoms with van der Waals surface area (Å²) in [5.41, 5.74) is 7.29. The summed E-state index contributed by atoms with van der Waals surface area (Å²) >= 11 is 0. The Balaban J connectivity index is 1.27. The summed E-state index contributed by atoms with van der Waals surface area (Å²) in [6, 6.07) is 6.38. The summed E-state index contributed by atoms with van der Waals surface area (Å²) in [6.07, 6.45) is -11.0. The highest BCUT2D eigenvalue weighted by Crippen LogP contribution is 2.30. The molecule has 44 heavy (non-hydrogen) atoms.